The van der Waals surface area contributed by atoms with Crippen molar-refractivity contribution in [2.24, 2.45) is 0 Å². The van der Waals surface area contributed by atoms with Crippen LogP contribution in [0.25, 0.3) is 11.1 Å². The van der Waals surface area contributed by atoms with Gasteiger partial charge in [0.25, 0.3) is 5.91 Å². The quantitative estimate of drug-likeness (QED) is 0.565. The van der Waals surface area contributed by atoms with E-state index in [9.17, 15) is 9.59 Å². The Hall–Kier alpha value is -2.92. The van der Waals surface area contributed by atoms with E-state index in [0.29, 0.717) is 18.7 Å². The van der Waals surface area contributed by atoms with Crippen molar-refractivity contribution in [3.8, 4) is 11.1 Å². The minimum atomic E-state index is -0.524. The maximum atomic E-state index is 13.2. The number of benzene rings is 3. The molecule has 3 aromatic carbocycles. The van der Waals surface area contributed by atoms with Crippen LogP contribution in [0.5, 0.6) is 0 Å². The number of piperazine rings is 1. The van der Waals surface area contributed by atoms with Gasteiger partial charge in [-0.1, -0.05) is 64.5 Å². The number of carbonyl (C=O) groups excluding carboxylic acids is 2. The molecule has 2 amide bonds. The second kappa shape index (κ2) is 8.21. The summed E-state index contributed by atoms with van der Waals surface area (Å²) in [7, 11) is 0. The molecule has 0 radical (unpaired) electrons. The number of anilines is 1. The molecular formula is C24H21BrN2O2. The predicted octanol–water partition coefficient (Wildman–Crippen LogP) is 4.99. The van der Waals surface area contributed by atoms with Gasteiger partial charge in [0.15, 0.2) is 0 Å². The lowest BCUT2D eigenvalue weighted by molar-refractivity contribution is -0.124. The highest BCUT2D eigenvalue weighted by Gasteiger charge is 2.36. The Balaban J connectivity index is 1.60. The van der Waals surface area contributed by atoms with Crippen molar-refractivity contribution in [1.29, 1.82) is 0 Å². The maximum absolute atomic E-state index is 13.2. The van der Waals surface area contributed by atoms with Gasteiger partial charge < -0.3 is 9.80 Å². The molecule has 0 aromatic heterocycles. The third-order valence-electron chi connectivity index (χ3n) is 5.29. The van der Waals surface area contributed by atoms with Crippen LogP contribution in [0.15, 0.2) is 83.3 Å². The predicted molar refractivity (Wildman–Crippen MR) is 119 cm³/mol. The Morgan fingerprint density at radius 1 is 0.897 bits per heavy atom. The van der Waals surface area contributed by atoms with Crippen LogP contribution in [-0.2, 0) is 4.79 Å². The number of rotatable bonds is 3. The molecule has 1 aliphatic heterocycles. The normalized spacial score (nSPS) is 16.8. The van der Waals surface area contributed by atoms with Gasteiger partial charge in [0.05, 0.1) is 5.69 Å². The molecule has 0 aliphatic carbocycles. The molecule has 4 rings (SSSR count). The average molecular weight is 449 g/mol. The molecule has 0 unspecified atom stereocenters. The van der Waals surface area contributed by atoms with Crippen LogP contribution in [0, 0.1) is 0 Å². The van der Waals surface area contributed by atoms with Crippen LogP contribution < -0.4 is 4.90 Å². The van der Waals surface area contributed by atoms with Gasteiger partial charge in [-0.2, -0.15) is 0 Å². The van der Waals surface area contributed by atoms with Crippen molar-refractivity contribution in [1.82, 2.24) is 4.90 Å². The lowest BCUT2D eigenvalue weighted by Gasteiger charge is -2.39. The van der Waals surface area contributed by atoms with Crippen LogP contribution >= 0.6 is 15.9 Å². The fourth-order valence-electron chi connectivity index (χ4n) is 3.72. The van der Waals surface area contributed by atoms with E-state index >= 15 is 0 Å². The second-order valence-electron chi connectivity index (χ2n) is 7.05. The standard InChI is InChI=1S/C24H21BrN2O2/c1-17-23(28)27(16-15-26(17)24(29)19-11-13-20(25)14-12-19)22-10-6-5-9-21(22)18-7-3-2-4-8-18/h2-14,17H,15-16H2,1H3/t17-/m0/s1. The molecule has 1 atom stereocenters. The summed E-state index contributed by atoms with van der Waals surface area (Å²) in [5.41, 5.74) is 3.55. The van der Waals surface area contributed by atoms with Crippen molar-refractivity contribution in [3.63, 3.8) is 0 Å². The zero-order valence-electron chi connectivity index (χ0n) is 16.1. The van der Waals surface area contributed by atoms with Gasteiger partial charge in [0.2, 0.25) is 5.91 Å². The lowest BCUT2D eigenvalue weighted by atomic mass is 10.0. The zero-order chi connectivity index (χ0) is 20.4. The lowest BCUT2D eigenvalue weighted by Crippen LogP contribution is -2.57. The number of carbonyl (C=O) groups is 2. The monoisotopic (exact) mass is 448 g/mol. The van der Waals surface area contributed by atoms with Crippen molar-refractivity contribution < 1.29 is 9.59 Å². The first kappa shape index (κ1) is 19.4. The molecule has 3 aromatic rings. The fraction of sp³-hybridized carbons (Fsp3) is 0.167. The Labute approximate surface area is 178 Å². The molecule has 1 aliphatic rings. The first-order chi connectivity index (χ1) is 14.1. The number of amides is 2. The van der Waals surface area contributed by atoms with E-state index in [-0.39, 0.29) is 11.8 Å². The zero-order valence-corrected chi connectivity index (χ0v) is 17.7. The molecule has 146 valence electrons. The van der Waals surface area contributed by atoms with E-state index in [1.54, 1.807) is 28.9 Å². The first-order valence-corrected chi connectivity index (χ1v) is 10.4. The van der Waals surface area contributed by atoms with Crippen LogP contribution in [0.1, 0.15) is 17.3 Å². The van der Waals surface area contributed by atoms with Crippen molar-refractivity contribution in [2.45, 2.75) is 13.0 Å². The van der Waals surface area contributed by atoms with Crippen molar-refractivity contribution in [2.75, 3.05) is 18.0 Å². The summed E-state index contributed by atoms with van der Waals surface area (Å²) in [6.07, 6.45) is 0. The first-order valence-electron chi connectivity index (χ1n) is 9.58. The molecule has 29 heavy (non-hydrogen) atoms. The molecular weight excluding hydrogens is 428 g/mol. The van der Waals surface area contributed by atoms with Crippen molar-refractivity contribution in [3.05, 3.63) is 88.9 Å². The van der Waals surface area contributed by atoms with Gasteiger partial charge in [-0.15, -0.1) is 0 Å². The van der Waals surface area contributed by atoms with Gasteiger partial charge >= 0.3 is 0 Å². The third kappa shape index (κ3) is 3.83. The highest BCUT2D eigenvalue weighted by atomic mass is 79.9. The Bertz CT molecular complexity index is 1030. The smallest absolute Gasteiger partial charge is 0.254 e. The van der Waals surface area contributed by atoms with Gasteiger partial charge in [0, 0.05) is 28.7 Å². The van der Waals surface area contributed by atoms with Gasteiger partial charge in [-0.05, 0) is 42.8 Å². The van der Waals surface area contributed by atoms with E-state index < -0.39 is 6.04 Å². The van der Waals surface area contributed by atoms with E-state index in [0.717, 1.165) is 21.3 Å². The summed E-state index contributed by atoms with van der Waals surface area (Å²) in [6.45, 7) is 2.76. The molecule has 5 heteroatoms. The number of nitrogens with zero attached hydrogens (tertiary/aromatic N) is 2. The molecule has 0 N–H and O–H groups in total. The Morgan fingerprint density at radius 2 is 1.55 bits per heavy atom. The number of hydrogen-bond acceptors (Lipinski definition) is 2. The summed E-state index contributed by atoms with van der Waals surface area (Å²) >= 11 is 3.39. The highest BCUT2D eigenvalue weighted by molar-refractivity contribution is 9.10. The molecule has 0 saturated carbocycles. The van der Waals surface area contributed by atoms with Crippen LogP contribution in [-0.4, -0.2) is 35.8 Å². The topological polar surface area (TPSA) is 40.6 Å². The minimum Gasteiger partial charge on any atom is -0.325 e. The molecule has 0 bridgehead atoms. The fourth-order valence-corrected chi connectivity index (χ4v) is 3.98. The molecule has 1 fully saturated rings. The Kier molecular flexibility index (Phi) is 5.49. The SMILES string of the molecule is C[C@H]1C(=O)N(c2ccccc2-c2ccccc2)CCN1C(=O)c1ccc(Br)cc1. The summed E-state index contributed by atoms with van der Waals surface area (Å²) in [5, 5.41) is 0. The van der Waals surface area contributed by atoms with E-state index in [2.05, 4.69) is 15.9 Å². The maximum Gasteiger partial charge on any atom is 0.254 e. The van der Waals surface area contributed by atoms with Gasteiger partial charge in [-0.3, -0.25) is 9.59 Å². The largest absolute Gasteiger partial charge is 0.325 e. The summed E-state index contributed by atoms with van der Waals surface area (Å²) in [4.78, 5) is 29.6. The third-order valence-corrected chi connectivity index (χ3v) is 5.82. The summed E-state index contributed by atoms with van der Waals surface area (Å²) in [6, 6.07) is 24.7. The number of hydrogen-bond donors (Lipinski definition) is 0. The van der Waals surface area contributed by atoms with Crippen LogP contribution in [0.2, 0.25) is 0 Å². The highest BCUT2D eigenvalue weighted by Crippen LogP contribution is 2.32. The molecule has 0 spiro atoms. The van der Waals surface area contributed by atoms with E-state index in [1.165, 1.54) is 0 Å². The number of halogens is 1. The van der Waals surface area contributed by atoms with E-state index in [1.807, 2.05) is 66.7 Å². The minimum absolute atomic E-state index is 0.0647. The summed E-state index contributed by atoms with van der Waals surface area (Å²) < 4.78 is 0.917. The number of para-hydroxylation sites is 1. The van der Waals surface area contributed by atoms with Gasteiger partial charge in [-0.25, -0.2) is 0 Å². The molecule has 1 heterocycles. The summed E-state index contributed by atoms with van der Waals surface area (Å²) in [5.74, 6) is -0.181. The Morgan fingerprint density at radius 3 is 2.28 bits per heavy atom. The molecule has 4 nitrogen and oxygen atoms in total. The average Bonchev–Trinajstić information content (AvgIpc) is 2.76. The van der Waals surface area contributed by atoms with E-state index in [4.69, 9.17) is 0 Å². The second-order valence-corrected chi connectivity index (χ2v) is 7.97. The van der Waals surface area contributed by atoms with Crippen LogP contribution in [0.4, 0.5) is 5.69 Å². The van der Waals surface area contributed by atoms with Gasteiger partial charge in [0.1, 0.15) is 6.04 Å². The molecule has 1 saturated heterocycles. The van der Waals surface area contributed by atoms with Crippen LogP contribution in [0.3, 0.4) is 0 Å². The van der Waals surface area contributed by atoms with Crippen molar-refractivity contribution >= 4 is 33.4 Å².